The minimum Gasteiger partial charge on any atom is -0.459 e. The van der Waals surface area contributed by atoms with E-state index < -0.39 is 5.91 Å². The van der Waals surface area contributed by atoms with E-state index in [4.69, 9.17) is 10.2 Å². The number of nitrogens with zero attached hydrogens (tertiary/aromatic N) is 2. The predicted molar refractivity (Wildman–Crippen MR) is 101 cm³/mol. The van der Waals surface area contributed by atoms with Crippen LogP contribution >= 0.6 is 15.9 Å². The van der Waals surface area contributed by atoms with E-state index in [1.807, 2.05) is 0 Å². The summed E-state index contributed by atoms with van der Waals surface area (Å²) in [5.41, 5.74) is 16.6. The summed E-state index contributed by atoms with van der Waals surface area (Å²) < 4.78 is 5.83. The second kappa shape index (κ2) is 8.19. The van der Waals surface area contributed by atoms with Gasteiger partial charge in [0.05, 0.1) is 6.26 Å². The quantitative estimate of drug-likeness (QED) is 0.371. The Labute approximate surface area is 161 Å². The lowest BCUT2D eigenvalue weighted by atomic mass is 10.2. The SMILES string of the molecule is Nc1c(NNC(=O)c2ccc(Br)cc2)ncnc1NNC(=O)c1ccco1. The second-order valence-electron chi connectivity index (χ2n) is 5.13. The van der Waals surface area contributed by atoms with Crippen LogP contribution in [0.25, 0.3) is 0 Å². The van der Waals surface area contributed by atoms with Gasteiger partial charge < -0.3 is 10.2 Å². The minimum atomic E-state index is -0.504. The first-order valence-electron chi connectivity index (χ1n) is 7.57. The number of hydrogen-bond acceptors (Lipinski definition) is 8. The molecule has 2 aromatic heterocycles. The molecule has 0 radical (unpaired) electrons. The minimum absolute atomic E-state index is 0.0911. The molecule has 3 aromatic rings. The summed E-state index contributed by atoms with van der Waals surface area (Å²) in [6, 6.07) is 9.90. The first-order valence-corrected chi connectivity index (χ1v) is 8.36. The lowest BCUT2D eigenvalue weighted by molar-refractivity contribution is 0.0933. The molecule has 0 fully saturated rings. The molecule has 6 N–H and O–H groups in total. The van der Waals surface area contributed by atoms with Crippen molar-refractivity contribution in [1.82, 2.24) is 20.8 Å². The van der Waals surface area contributed by atoms with Crippen molar-refractivity contribution in [2.75, 3.05) is 16.6 Å². The van der Waals surface area contributed by atoms with Gasteiger partial charge in [0.2, 0.25) is 0 Å². The number of anilines is 3. The number of carbonyl (C=O) groups excluding carboxylic acids is 2. The van der Waals surface area contributed by atoms with Crippen molar-refractivity contribution in [2.45, 2.75) is 0 Å². The van der Waals surface area contributed by atoms with Gasteiger partial charge in [-0.3, -0.25) is 31.3 Å². The molecule has 0 aliphatic carbocycles. The number of halogens is 1. The first-order chi connectivity index (χ1) is 13.0. The van der Waals surface area contributed by atoms with Crippen molar-refractivity contribution in [3.63, 3.8) is 0 Å². The molecule has 0 aliphatic heterocycles. The summed E-state index contributed by atoms with van der Waals surface area (Å²) in [5, 5.41) is 0. The van der Waals surface area contributed by atoms with E-state index in [9.17, 15) is 9.59 Å². The fraction of sp³-hybridized carbons (Fsp3) is 0. The highest BCUT2D eigenvalue weighted by Crippen LogP contribution is 2.21. The lowest BCUT2D eigenvalue weighted by Gasteiger charge is -2.13. The van der Waals surface area contributed by atoms with Crippen LogP contribution in [0.5, 0.6) is 0 Å². The molecule has 27 heavy (non-hydrogen) atoms. The van der Waals surface area contributed by atoms with Gasteiger partial charge in [0, 0.05) is 10.0 Å². The third-order valence-corrected chi connectivity index (χ3v) is 3.85. The molecular weight excluding hydrogens is 418 g/mol. The van der Waals surface area contributed by atoms with E-state index >= 15 is 0 Å². The van der Waals surface area contributed by atoms with Gasteiger partial charge in [0.25, 0.3) is 5.91 Å². The number of rotatable bonds is 6. The highest BCUT2D eigenvalue weighted by Gasteiger charge is 2.12. The van der Waals surface area contributed by atoms with E-state index in [2.05, 4.69) is 47.6 Å². The number of aromatic nitrogens is 2. The number of furan rings is 1. The maximum Gasteiger partial charge on any atom is 0.305 e. The summed E-state index contributed by atoms with van der Waals surface area (Å²) in [6.45, 7) is 0. The third-order valence-electron chi connectivity index (χ3n) is 3.32. The van der Waals surface area contributed by atoms with Crippen molar-refractivity contribution in [2.24, 2.45) is 0 Å². The van der Waals surface area contributed by atoms with Crippen LogP contribution in [0.2, 0.25) is 0 Å². The second-order valence-corrected chi connectivity index (χ2v) is 6.04. The van der Waals surface area contributed by atoms with Gasteiger partial charge in [-0.25, -0.2) is 9.97 Å². The molecule has 0 aliphatic rings. The molecule has 0 unspecified atom stereocenters. The molecule has 0 atom stereocenters. The summed E-state index contributed by atoms with van der Waals surface area (Å²) >= 11 is 3.30. The lowest BCUT2D eigenvalue weighted by Crippen LogP contribution is -2.32. The maximum atomic E-state index is 12.1. The van der Waals surface area contributed by atoms with Crippen LogP contribution in [0.3, 0.4) is 0 Å². The van der Waals surface area contributed by atoms with Crippen LogP contribution in [0.4, 0.5) is 17.3 Å². The van der Waals surface area contributed by atoms with Crippen LogP contribution in [0.1, 0.15) is 20.9 Å². The van der Waals surface area contributed by atoms with E-state index in [-0.39, 0.29) is 29.0 Å². The largest absolute Gasteiger partial charge is 0.459 e. The number of nitrogen functional groups attached to an aromatic ring is 1. The molecule has 1 aromatic carbocycles. The first kappa shape index (κ1) is 18.2. The zero-order valence-corrected chi connectivity index (χ0v) is 15.3. The smallest absolute Gasteiger partial charge is 0.305 e. The Bertz CT molecular complexity index is 945. The highest BCUT2D eigenvalue weighted by molar-refractivity contribution is 9.10. The highest BCUT2D eigenvalue weighted by atomic mass is 79.9. The molecule has 138 valence electrons. The third kappa shape index (κ3) is 4.52. The Balaban J connectivity index is 1.61. The normalized spacial score (nSPS) is 10.1. The average molecular weight is 432 g/mol. The molecule has 2 amide bonds. The number of nitrogens with one attached hydrogen (secondary N) is 4. The number of nitrogens with two attached hydrogens (primary N) is 1. The van der Waals surface area contributed by atoms with Crippen LogP contribution < -0.4 is 27.4 Å². The fourth-order valence-corrected chi connectivity index (χ4v) is 2.23. The molecule has 2 heterocycles. The maximum absolute atomic E-state index is 12.1. The van der Waals surface area contributed by atoms with Crippen molar-refractivity contribution in [1.29, 1.82) is 0 Å². The van der Waals surface area contributed by atoms with Crippen molar-refractivity contribution >= 4 is 45.1 Å². The molecule has 0 saturated carbocycles. The van der Waals surface area contributed by atoms with E-state index in [0.29, 0.717) is 5.56 Å². The molecule has 11 heteroatoms. The number of amides is 2. The van der Waals surface area contributed by atoms with Gasteiger partial charge >= 0.3 is 5.91 Å². The van der Waals surface area contributed by atoms with Gasteiger partial charge in [0.15, 0.2) is 17.4 Å². The Morgan fingerprint density at radius 2 is 1.59 bits per heavy atom. The number of benzene rings is 1. The summed E-state index contributed by atoms with van der Waals surface area (Å²) in [6.07, 6.45) is 2.59. The van der Waals surface area contributed by atoms with Crippen LogP contribution in [0.15, 0.2) is 57.9 Å². The topological polar surface area (TPSA) is 147 Å². The molecule has 0 saturated heterocycles. The predicted octanol–water partition coefficient (Wildman–Crippen LogP) is 1.93. The molecule has 0 bridgehead atoms. The number of carbonyl (C=O) groups is 2. The van der Waals surface area contributed by atoms with Crippen LogP contribution in [-0.2, 0) is 0 Å². The van der Waals surface area contributed by atoms with Crippen LogP contribution in [0, 0.1) is 0 Å². The number of hydrogen-bond donors (Lipinski definition) is 5. The standard InChI is InChI=1S/C16H14BrN7O3/c17-10-5-3-9(4-6-10)15(25)23-21-13-12(18)14(20-8-19-13)22-24-16(26)11-2-1-7-27-11/h1-8H,18H2,(H,23,25)(H,24,26)(H2,19,20,21,22). The van der Waals surface area contributed by atoms with Crippen molar-refractivity contribution in [3.8, 4) is 0 Å². The van der Waals surface area contributed by atoms with Gasteiger partial charge in [-0.2, -0.15) is 0 Å². The zero-order valence-electron chi connectivity index (χ0n) is 13.7. The van der Waals surface area contributed by atoms with Gasteiger partial charge in [-0.05, 0) is 36.4 Å². The van der Waals surface area contributed by atoms with E-state index in [1.54, 1.807) is 30.3 Å². The summed E-state index contributed by atoms with van der Waals surface area (Å²) in [4.78, 5) is 31.9. The summed E-state index contributed by atoms with van der Waals surface area (Å²) in [7, 11) is 0. The fourth-order valence-electron chi connectivity index (χ4n) is 1.97. The molecule has 3 rings (SSSR count). The van der Waals surface area contributed by atoms with E-state index in [1.165, 1.54) is 18.7 Å². The summed E-state index contributed by atoms with van der Waals surface area (Å²) in [5.74, 6) is -0.456. The Kier molecular flexibility index (Phi) is 5.52. The van der Waals surface area contributed by atoms with Crippen LogP contribution in [-0.4, -0.2) is 21.8 Å². The molecule has 10 nitrogen and oxygen atoms in total. The zero-order chi connectivity index (χ0) is 19.2. The number of hydrazine groups is 2. The van der Waals surface area contributed by atoms with Gasteiger partial charge in [-0.15, -0.1) is 0 Å². The molecule has 0 spiro atoms. The average Bonchev–Trinajstić information content (AvgIpc) is 3.21. The molecular formula is C16H14BrN7O3. The van der Waals surface area contributed by atoms with Gasteiger partial charge in [0.1, 0.15) is 12.0 Å². The van der Waals surface area contributed by atoms with Gasteiger partial charge in [-0.1, -0.05) is 15.9 Å². The Morgan fingerprint density at radius 1 is 0.963 bits per heavy atom. The van der Waals surface area contributed by atoms with Crippen molar-refractivity contribution in [3.05, 3.63) is 64.8 Å². The monoisotopic (exact) mass is 431 g/mol. The Morgan fingerprint density at radius 3 is 2.19 bits per heavy atom. The van der Waals surface area contributed by atoms with Crippen molar-refractivity contribution < 1.29 is 14.0 Å². The van der Waals surface area contributed by atoms with E-state index in [0.717, 1.165) is 4.47 Å². The Hall–Kier alpha value is -3.60.